The molecule has 0 unspecified atom stereocenters. The summed E-state index contributed by atoms with van der Waals surface area (Å²) >= 11 is 0. The van der Waals surface area contributed by atoms with Crippen LogP contribution < -0.4 is 0 Å². The summed E-state index contributed by atoms with van der Waals surface area (Å²) in [5, 5.41) is 10.6. The number of aliphatic hydroxyl groups excluding tert-OH is 1. The molecule has 0 aromatic carbocycles. The van der Waals surface area contributed by atoms with Crippen LogP contribution in [0.25, 0.3) is 0 Å². The van der Waals surface area contributed by atoms with Gasteiger partial charge in [-0.05, 0) is 44.1 Å². The number of hydrogen-bond acceptors (Lipinski definition) is 7. The molecule has 7 heteroatoms. The lowest BCUT2D eigenvalue weighted by Gasteiger charge is -2.52. The molecule has 1 spiro atoms. The Balaban J connectivity index is 1.82. The van der Waals surface area contributed by atoms with Crippen LogP contribution in [0.2, 0.25) is 0 Å². The average molecular weight is 415 g/mol. The van der Waals surface area contributed by atoms with Crippen molar-refractivity contribution in [2.24, 2.45) is 11.8 Å². The minimum Gasteiger partial charge on any atom is -0.386 e. The summed E-state index contributed by atoms with van der Waals surface area (Å²) in [7, 11) is 1.59. The van der Waals surface area contributed by atoms with E-state index in [4.69, 9.17) is 28.4 Å². The third-order valence-electron chi connectivity index (χ3n) is 6.26. The van der Waals surface area contributed by atoms with Crippen molar-refractivity contribution in [2.45, 2.75) is 89.4 Å². The predicted octanol–water partition coefficient (Wildman–Crippen LogP) is 3.00. The van der Waals surface area contributed by atoms with Gasteiger partial charge in [0.05, 0.1) is 25.4 Å². The average Bonchev–Trinajstić information content (AvgIpc) is 3.07. The standard InChI is InChI=1S/C22H38O7/c1-14(2)19(23)17-9-15(3)11-22(28-17)12-16(4)10-18(29-22)20(25-13-24-6)21(5)26-7-8-27-21/h15-20,23H,1,7-13H2,2-6H3/t15-,16+,17-,18-,19-,20+,22-/m0/s1. The maximum atomic E-state index is 10.6. The van der Waals surface area contributed by atoms with Crippen molar-refractivity contribution in [3.8, 4) is 0 Å². The molecule has 1 N–H and O–H groups in total. The highest BCUT2D eigenvalue weighted by atomic mass is 16.8. The molecule has 0 bridgehead atoms. The second-order valence-corrected chi connectivity index (χ2v) is 9.31. The van der Waals surface area contributed by atoms with Gasteiger partial charge in [0.25, 0.3) is 0 Å². The molecule has 0 saturated carbocycles. The number of rotatable bonds is 7. The Kier molecular flexibility index (Phi) is 7.42. The Bertz CT molecular complexity index is 557. The maximum Gasteiger partial charge on any atom is 0.194 e. The normalized spacial score (nSPS) is 39.4. The largest absolute Gasteiger partial charge is 0.386 e. The zero-order valence-corrected chi connectivity index (χ0v) is 18.5. The number of ether oxygens (including phenoxy) is 6. The molecule has 0 aromatic rings. The third-order valence-corrected chi connectivity index (χ3v) is 6.26. The van der Waals surface area contributed by atoms with Crippen LogP contribution in [0.1, 0.15) is 53.4 Å². The zero-order chi connectivity index (χ0) is 21.2. The molecule has 3 aliphatic rings. The molecule has 3 aliphatic heterocycles. The molecule has 0 amide bonds. The number of hydrogen-bond donors (Lipinski definition) is 1. The minimum absolute atomic E-state index is 0.127. The Morgan fingerprint density at radius 3 is 2.21 bits per heavy atom. The highest BCUT2D eigenvalue weighted by Gasteiger charge is 2.54. The first-order chi connectivity index (χ1) is 13.7. The Hall–Kier alpha value is -0.540. The Labute approximate surface area is 174 Å². The summed E-state index contributed by atoms with van der Waals surface area (Å²) in [6, 6.07) is 0. The van der Waals surface area contributed by atoms with Gasteiger partial charge in [-0.1, -0.05) is 20.4 Å². The second kappa shape index (κ2) is 9.30. The Morgan fingerprint density at radius 2 is 1.66 bits per heavy atom. The van der Waals surface area contributed by atoms with Crippen molar-refractivity contribution in [3.63, 3.8) is 0 Å². The van der Waals surface area contributed by atoms with Crippen molar-refractivity contribution >= 4 is 0 Å². The van der Waals surface area contributed by atoms with Gasteiger partial charge < -0.3 is 33.5 Å². The van der Waals surface area contributed by atoms with E-state index in [-0.39, 0.29) is 19.0 Å². The fourth-order valence-electron chi connectivity index (χ4n) is 5.10. The van der Waals surface area contributed by atoms with E-state index in [9.17, 15) is 5.11 Å². The van der Waals surface area contributed by atoms with Crippen LogP contribution in [0.3, 0.4) is 0 Å². The monoisotopic (exact) mass is 414 g/mol. The number of methoxy groups -OCH3 is 1. The van der Waals surface area contributed by atoms with Gasteiger partial charge in [-0.2, -0.15) is 0 Å². The first kappa shape index (κ1) is 23.1. The molecule has 0 radical (unpaired) electrons. The molecule has 0 aromatic heterocycles. The molecule has 7 atom stereocenters. The highest BCUT2D eigenvalue weighted by Crippen LogP contribution is 2.46. The molecule has 3 saturated heterocycles. The smallest absolute Gasteiger partial charge is 0.194 e. The van der Waals surface area contributed by atoms with Gasteiger partial charge in [0, 0.05) is 20.0 Å². The fraction of sp³-hybridized carbons (Fsp3) is 0.909. The van der Waals surface area contributed by atoms with Crippen LogP contribution in [0.15, 0.2) is 12.2 Å². The van der Waals surface area contributed by atoms with E-state index in [0.29, 0.717) is 30.6 Å². The lowest BCUT2D eigenvalue weighted by molar-refractivity contribution is -0.366. The van der Waals surface area contributed by atoms with Gasteiger partial charge in [-0.3, -0.25) is 0 Å². The third kappa shape index (κ3) is 5.21. The number of aliphatic hydroxyl groups is 1. The van der Waals surface area contributed by atoms with Gasteiger partial charge in [0.15, 0.2) is 11.6 Å². The summed E-state index contributed by atoms with van der Waals surface area (Å²) in [6.45, 7) is 13.2. The first-order valence-corrected chi connectivity index (χ1v) is 10.8. The molecule has 3 fully saturated rings. The molecule has 168 valence electrons. The molecule has 0 aliphatic carbocycles. The van der Waals surface area contributed by atoms with Crippen LogP contribution >= 0.6 is 0 Å². The molecular formula is C22H38O7. The summed E-state index contributed by atoms with van der Waals surface area (Å²) in [5.74, 6) is -0.926. The van der Waals surface area contributed by atoms with Crippen LogP contribution in [0.5, 0.6) is 0 Å². The SMILES string of the molecule is C=C(C)[C@H](O)[C@@H]1C[C@H](C)C[C@]2(C[C@H](C)C[C@@H]([C@@H](OCOC)C3(C)OCCO3)O2)O1. The molecule has 29 heavy (non-hydrogen) atoms. The van der Waals surface area contributed by atoms with Crippen LogP contribution in [0.4, 0.5) is 0 Å². The predicted molar refractivity (Wildman–Crippen MR) is 107 cm³/mol. The second-order valence-electron chi connectivity index (χ2n) is 9.31. The highest BCUT2D eigenvalue weighted by molar-refractivity contribution is 5.03. The minimum atomic E-state index is -0.891. The maximum absolute atomic E-state index is 10.6. The van der Waals surface area contributed by atoms with Gasteiger partial charge in [-0.15, -0.1) is 0 Å². The van der Waals surface area contributed by atoms with Crippen LogP contribution in [-0.4, -0.2) is 68.2 Å². The topological polar surface area (TPSA) is 75.6 Å². The lowest BCUT2D eigenvalue weighted by Crippen LogP contribution is -2.59. The summed E-state index contributed by atoms with van der Waals surface area (Å²) in [5.41, 5.74) is 0.709. The quantitative estimate of drug-likeness (QED) is 0.507. The molecule has 3 heterocycles. The molecular weight excluding hydrogens is 376 g/mol. The van der Waals surface area contributed by atoms with Crippen molar-refractivity contribution in [3.05, 3.63) is 12.2 Å². The first-order valence-electron chi connectivity index (χ1n) is 10.8. The van der Waals surface area contributed by atoms with Crippen LogP contribution in [0, 0.1) is 11.8 Å². The van der Waals surface area contributed by atoms with Crippen molar-refractivity contribution in [1.29, 1.82) is 0 Å². The van der Waals surface area contributed by atoms with Gasteiger partial charge in [-0.25, -0.2) is 0 Å². The summed E-state index contributed by atoms with van der Waals surface area (Å²) in [6.07, 6.45) is 1.41. The van der Waals surface area contributed by atoms with E-state index < -0.39 is 23.8 Å². The summed E-state index contributed by atoms with van der Waals surface area (Å²) < 4.78 is 36.1. The van der Waals surface area contributed by atoms with Crippen molar-refractivity contribution in [2.75, 3.05) is 27.1 Å². The van der Waals surface area contributed by atoms with E-state index in [1.54, 1.807) is 7.11 Å². The Morgan fingerprint density at radius 1 is 1.10 bits per heavy atom. The van der Waals surface area contributed by atoms with Crippen molar-refractivity contribution < 1.29 is 33.5 Å². The van der Waals surface area contributed by atoms with Gasteiger partial charge in [0.1, 0.15) is 19.0 Å². The van der Waals surface area contributed by atoms with E-state index in [1.165, 1.54) is 0 Å². The molecule has 3 rings (SSSR count). The summed E-state index contributed by atoms with van der Waals surface area (Å²) in [4.78, 5) is 0. The lowest BCUT2D eigenvalue weighted by atomic mass is 9.80. The van der Waals surface area contributed by atoms with Crippen LogP contribution in [-0.2, 0) is 28.4 Å². The van der Waals surface area contributed by atoms with E-state index in [1.807, 2.05) is 13.8 Å². The van der Waals surface area contributed by atoms with E-state index in [0.717, 1.165) is 25.7 Å². The van der Waals surface area contributed by atoms with Crippen molar-refractivity contribution in [1.82, 2.24) is 0 Å². The van der Waals surface area contributed by atoms with E-state index >= 15 is 0 Å². The van der Waals surface area contributed by atoms with Gasteiger partial charge >= 0.3 is 0 Å². The van der Waals surface area contributed by atoms with E-state index in [2.05, 4.69) is 20.4 Å². The van der Waals surface area contributed by atoms with Gasteiger partial charge in [0.2, 0.25) is 0 Å². The molecule has 7 nitrogen and oxygen atoms in total. The fourth-order valence-corrected chi connectivity index (χ4v) is 5.10. The zero-order valence-electron chi connectivity index (χ0n) is 18.5.